The highest BCUT2D eigenvalue weighted by molar-refractivity contribution is 5.82. The van der Waals surface area contributed by atoms with Gasteiger partial charge in [0.1, 0.15) is 5.60 Å². The van der Waals surface area contributed by atoms with Crippen LogP contribution in [0.15, 0.2) is 11.6 Å². The SMILES string of the molecule is CC(C)(C)CNC(=O)[C@@H]1[C@H](NC(=O)OC(C)(C)C)[C@@H]2CC[C@H]1/C2=C/C1CC1. The maximum absolute atomic E-state index is 13.1. The summed E-state index contributed by atoms with van der Waals surface area (Å²) in [5.41, 5.74) is 0.904. The summed E-state index contributed by atoms with van der Waals surface area (Å²) in [6.07, 6.45) is 6.60. The van der Waals surface area contributed by atoms with Crippen molar-refractivity contribution in [3.8, 4) is 0 Å². The molecule has 0 aromatic rings. The van der Waals surface area contributed by atoms with E-state index in [4.69, 9.17) is 4.74 Å². The third kappa shape index (κ3) is 5.05. The van der Waals surface area contributed by atoms with Crippen LogP contribution in [0.1, 0.15) is 67.2 Å². The Balaban J connectivity index is 1.77. The highest BCUT2D eigenvalue weighted by Crippen LogP contribution is 2.54. The quantitative estimate of drug-likeness (QED) is 0.728. The Morgan fingerprint density at radius 1 is 1.04 bits per heavy atom. The molecule has 0 saturated heterocycles. The topological polar surface area (TPSA) is 67.4 Å². The molecule has 0 unspecified atom stereocenters. The minimum Gasteiger partial charge on any atom is -0.444 e. The van der Waals surface area contributed by atoms with Crippen molar-refractivity contribution in [3.63, 3.8) is 0 Å². The number of rotatable bonds is 4. The first kappa shape index (κ1) is 20.2. The van der Waals surface area contributed by atoms with E-state index in [-0.39, 0.29) is 35.1 Å². The molecule has 5 heteroatoms. The lowest BCUT2D eigenvalue weighted by Crippen LogP contribution is -2.51. The molecule has 152 valence electrons. The molecule has 3 aliphatic rings. The number of alkyl carbamates (subject to hydrolysis) is 1. The summed E-state index contributed by atoms with van der Waals surface area (Å²) in [6, 6.07) is -0.163. The summed E-state index contributed by atoms with van der Waals surface area (Å²) in [5, 5.41) is 6.19. The molecule has 5 nitrogen and oxygen atoms in total. The van der Waals surface area contributed by atoms with Gasteiger partial charge in [-0.3, -0.25) is 4.79 Å². The van der Waals surface area contributed by atoms with Gasteiger partial charge in [-0.15, -0.1) is 0 Å². The predicted octanol–water partition coefficient (Wildman–Crippen LogP) is 4.03. The number of ether oxygens (including phenoxy) is 1. The number of fused-ring (bicyclic) bond motifs is 2. The Bertz CT molecular complexity index is 622. The van der Waals surface area contributed by atoms with Crippen molar-refractivity contribution in [2.24, 2.45) is 29.1 Å². The van der Waals surface area contributed by atoms with Crippen LogP contribution >= 0.6 is 0 Å². The predicted molar refractivity (Wildman–Crippen MR) is 106 cm³/mol. The van der Waals surface area contributed by atoms with E-state index in [9.17, 15) is 9.59 Å². The molecule has 27 heavy (non-hydrogen) atoms. The summed E-state index contributed by atoms with van der Waals surface area (Å²) in [5.74, 6) is 1.09. The lowest BCUT2D eigenvalue weighted by molar-refractivity contribution is -0.127. The van der Waals surface area contributed by atoms with Gasteiger partial charge in [-0.1, -0.05) is 32.4 Å². The van der Waals surface area contributed by atoms with Gasteiger partial charge in [0.25, 0.3) is 0 Å². The Hall–Kier alpha value is -1.52. The number of carbonyl (C=O) groups excluding carboxylic acids is 2. The van der Waals surface area contributed by atoms with Crippen LogP contribution in [0.4, 0.5) is 4.79 Å². The van der Waals surface area contributed by atoms with Gasteiger partial charge in [0.05, 0.1) is 12.0 Å². The molecular weight excluding hydrogens is 340 g/mol. The van der Waals surface area contributed by atoms with E-state index in [1.807, 2.05) is 20.8 Å². The average molecular weight is 377 g/mol. The third-order valence-electron chi connectivity index (χ3n) is 5.73. The average Bonchev–Trinajstić information content (AvgIpc) is 3.17. The summed E-state index contributed by atoms with van der Waals surface area (Å²) in [4.78, 5) is 25.5. The Morgan fingerprint density at radius 2 is 1.67 bits per heavy atom. The van der Waals surface area contributed by atoms with Crippen LogP contribution in [0.25, 0.3) is 0 Å². The third-order valence-corrected chi connectivity index (χ3v) is 5.73. The van der Waals surface area contributed by atoms with E-state index in [2.05, 4.69) is 37.5 Å². The molecule has 3 rings (SSSR count). The monoisotopic (exact) mass is 376 g/mol. The first-order valence-electron chi connectivity index (χ1n) is 10.4. The lowest BCUT2D eigenvalue weighted by atomic mass is 9.83. The molecular formula is C22H36N2O3. The van der Waals surface area contributed by atoms with Gasteiger partial charge in [-0.25, -0.2) is 4.79 Å². The molecule has 3 saturated carbocycles. The number of carbonyl (C=O) groups is 2. The van der Waals surface area contributed by atoms with Gasteiger partial charge in [0.15, 0.2) is 0 Å². The van der Waals surface area contributed by atoms with Crippen LogP contribution in [0.5, 0.6) is 0 Å². The number of amides is 2. The minimum absolute atomic E-state index is 0.0358. The highest BCUT2D eigenvalue weighted by Gasteiger charge is 2.55. The molecule has 2 bridgehead atoms. The van der Waals surface area contributed by atoms with E-state index in [0.717, 1.165) is 12.8 Å². The molecule has 2 amide bonds. The Morgan fingerprint density at radius 3 is 2.22 bits per heavy atom. The fourth-order valence-electron chi connectivity index (χ4n) is 4.47. The second-order valence-electron chi connectivity index (χ2n) is 10.8. The molecule has 4 atom stereocenters. The Kier molecular flexibility index (Phi) is 5.35. The minimum atomic E-state index is -0.543. The summed E-state index contributed by atoms with van der Waals surface area (Å²) in [6.45, 7) is 12.6. The van der Waals surface area contributed by atoms with Gasteiger partial charge in [0, 0.05) is 12.5 Å². The zero-order chi connectivity index (χ0) is 20.0. The maximum atomic E-state index is 13.1. The van der Waals surface area contributed by atoms with Gasteiger partial charge >= 0.3 is 6.09 Å². The van der Waals surface area contributed by atoms with E-state index in [1.54, 1.807) is 0 Å². The largest absolute Gasteiger partial charge is 0.444 e. The van der Waals surface area contributed by atoms with Crippen molar-refractivity contribution in [1.82, 2.24) is 10.6 Å². The van der Waals surface area contributed by atoms with Crippen LogP contribution < -0.4 is 10.6 Å². The summed E-state index contributed by atoms with van der Waals surface area (Å²) >= 11 is 0. The maximum Gasteiger partial charge on any atom is 0.407 e. The summed E-state index contributed by atoms with van der Waals surface area (Å²) < 4.78 is 5.48. The van der Waals surface area contributed by atoms with Crippen LogP contribution in [0.2, 0.25) is 0 Å². The first-order chi connectivity index (χ1) is 12.4. The van der Waals surface area contributed by atoms with Crippen molar-refractivity contribution in [2.45, 2.75) is 78.9 Å². The molecule has 0 aromatic carbocycles. The fourth-order valence-corrected chi connectivity index (χ4v) is 4.47. The van der Waals surface area contributed by atoms with Gasteiger partial charge < -0.3 is 15.4 Å². The normalized spacial score (nSPS) is 31.9. The zero-order valence-electron chi connectivity index (χ0n) is 17.7. The molecule has 3 aliphatic carbocycles. The zero-order valence-corrected chi connectivity index (χ0v) is 17.7. The highest BCUT2D eigenvalue weighted by atomic mass is 16.6. The van der Waals surface area contributed by atoms with Crippen molar-refractivity contribution in [1.29, 1.82) is 0 Å². The number of nitrogens with one attached hydrogen (secondary N) is 2. The molecule has 3 fully saturated rings. The van der Waals surface area contributed by atoms with Crippen molar-refractivity contribution in [3.05, 3.63) is 11.6 Å². The van der Waals surface area contributed by atoms with Gasteiger partial charge in [-0.05, 0) is 63.7 Å². The second-order valence-corrected chi connectivity index (χ2v) is 10.8. The number of hydrogen-bond acceptors (Lipinski definition) is 3. The molecule has 0 radical (unpaired) electrons. The number of hydrogen-bond donors (Lipinski definition) is 2. The standard InChI is InChI=1S/C22H36N2O3/c1-21(2,3)12-23-19(25)17-14-9-10-15(16(14)11-13-7-8-13)18(17)24-20(26)27-22(4,5)6/h11,13-15,17-18H,7-10,12H2,1-6H3,(H,23,25)(H,24,26)/b16-11-/t14-,15+,17-,18+/m0/s1. The lowest BCUT2D eigenvalue weighted by Gasteiger charge is -2.32. The van der Waals surface area contributed by atoms with Crippen LogP contribution in [-0.2, 0) is 9.53 Å². The van der Waals surface area contributed by atoms with Crippen molar-refractivity contribution < 1.29 is 14.3 Å². The van der Waals surface area contributed by atoms with Crippen molar-refractivity contribution in [2.75, 3.05) is 6.54 Å². The molecule has 0 aliphatic heterocycles. The van der Waals surface area contributed by atoms with E-state index >= 15 is 0 Å². The molecule has 0 aromatic heterocycles. The second kappa shape index (κ2) is 7.14. The molecule has 2 N–H and O–H groups in total. The van der Waals surface area contributed by atoms with Crippen LogP contribution in [-0.4, -0.2) is 30.2 Å². The number of allylic oxidation sites excluding steroid dienone is 1. The first-order valence-corrected chi connectivity index (χ1v) is 10.4. The van der Waals surface area contributed by atoms with Crippen LogP contribution in [0.3, 0.4) is 0 Å². The fraction of sp³-hybridized carbons (Fsp3) is 0.818. The molecule has 0 spiro atoms. The van der Waals surface area contributed by atoms with E-state index in [1.165, 1.54) is 18.4 Å². The Labute approximate surface area is 163 Å². The summed E-state index contributed by atoms with van der Waals surface area (Å²) in [7, 11) is 0. The van der Waals surface area contributed by atoms with Gasteiger partial charge in [0.2, 0.25) is 5.91 Å². The van der Waals surface area contributed by atoms with E-state index in [0.29, 0.717) is 12.5 Å². The van der Waals surface area contributed by atoms with E-state index < -0.39 is 11.7 Å². The smallest absolute Gasteiger partial charge is 0.407 e. The van der Waals surface area contributed by atoms with Crippen molar-refractivity contribution >= 4 is 12.0 Å². The van der Waals surface area contributed by atoms with Crippen LogP contribution in [0, 0.1) is 29.1 Å². The molecule has 0 heterocycles. The van der Waals surface area contributed by atoms with Gasteiger partial charge in [-0.2, -0.15) is 0 Å².